The molecule has 2 amide bonds. The Bertz CT molecular complexity index is 591. The summed E-state index contributed by atoms with van der Waals surface area (Å²) in [5.41, 5.74) is 1.02. The number of carbonyl (C=O) groups is 2. The molecule has 19 heavy (non-hydrogen) atoms. The van der Waals surface area contributed by atoms with Crippen LogP contribution < -0.4 is 5.32 Å². The first kappa shape index (κ1) is 13.7. The van der Waals surface area contributed by atoms with Gasteiger partial charge in [-0.2, -0.15) is 4.31 Å². The minimum absolute atomic E-state index is 0.0900. The Balaban J connectivity index is 2.30. The zero-order valence-corrected chi connectivity index (χ0v) is 11.2. The molecule has 1 N–H and O–H groups in total. The van der Waals surface area contributed by atoms with E-state index < -0.39 is 21.8 Å². The van der Waals surface area contributed by atoms with Gasteiger partial charge in [-0.25, -0.2) is 8.42 Å². The molecule has 1 aromatic carbocycles. The summed E-state index contributed by atoms with van der Waals surface area (Å²) in [7, 11) is -3.80. The average Bonchev–Trinajstić information content (AvgIpc) is 2.37. The molecule has 102 valence electrons. The number of imide groups is 1. The Hall–Kier alpha value is -1.73. The Morgan fingerprint density at radius 1 is 1.11 bits per heavy atom. The normalized spacial score (nSPS) is 17.3. The fourth-order valence-electron chi connectivity index (χ4n) is 1.83. The molecule has 0 saturated carbocycles. The highest BCUT2D eigenvalue weighted by atomic mass is 32.2. The largest absolute Gasteiger partial charge is 0.294 e. The third-order valence-corrected chi connectivity index (χ3v) is 4.69. The highest BCUT2D eigenvalue weighted by Gasteiger charge is 2.32. The van der Waals surface area contributed by atoms with Crippen LogP contribution in [0.2, 0.25) is 0 Å². The van der Waals surface area contributed by atoms with E-state index in [4.69, 9.17) is 0 Å². The number of amides is 2. The summed E-state index contributed by atoms with van der Waals surface area (Å²) in [5, 5.41) is 2.07. The molecule has 1 heterocycles. The minimum Gasteiger partial charge on any atom is -0.294 e. The third kappa shape index (κ3) is 2.82. The van der Waals surface area contributed by atoms with Crippen molar-refractivity contribution in [1.29, 1.82) is 0 Å². The summed E-state index contributed by atoms with van der Waals surface area (Å²) < 4.78 is 25.4. The third-order valence-electron chi connectivity index (χ3n) is 2.89. The van der Waals surface area contributed by atoms with Gasteiger partial charge in [-0.1, -0.05) is 19.1 Å². The number of carbonyl (C=O) groups excluding carboxylic acids is 2. The molecule has 0 radical (unpaired) electrons. The molecule has 1 saturated heterocycles. The molecule has 2 rings (SSSR count). The molecule has 1 aliphatic heterocycles. The zero-order valence-electron chi connectivity index (χ0n) is 10.4. The van der Waals surface area contributed by atoms with Gasteiger partial charge in [-0.05, 0) is 24.1 Å². The second-order valence-electron chi connectivity index (χ2n) is 4.24. The molecule has 6 nitrogen and oxygen atoms in total. The van der Waals surface area contributed by atoms with Crippen molar-refractivity contribution < 1.29 is 18.0 Å². The molecule has 1 aromatic rings. The van der Waals surface area contributed by atoms with Crippen LogP contribution in [0, 0.1) is 0 Å². The van der Waals surface area contributed by atoms with Crippen molar-refractivity contribution in [1.82, 2.24) is 9.62 Å². The van der Waals surface area contributed by atoms with E-state index in [1.54, 1.807) is 12.1 Å². The van der Waals surface area contributed by atoms with E-state index in [9.17, 15) is 18.0 Å². The first-order chi connectivity index (χ1) is 8.93. The van der Waals surface area contributed by atoms with Crippen molar-refractivity contribution in [2.45, 2.75) is 18.2 Å². The lowest BCUT2D eigenvalue weighted by Gasteiger charge is -2.24. The van der Waals surface area contributed by atoms with E-state index >= 15 is 0 Å². The van der Waals surface area contributed by atoms with Crippen LogP contribution in [0.5, 0.6) is 0 Å². The monoisotopic (exact) mass is 282 g/mol. The Labute approximate surface area is 111 Å². The predicted molar refractivity (Wildman–Crippen MR) is 67.7 cm³/mol. The van der Waals surface area contributed by atoms with Gasteiger partial charge in [-0.15, -0.1) is 0 Å². The number of piperazine rings is 1. The Kier molecular flexibility index (Phi) is 3.68. The van der Waals surface area contributed by atoms with Gasteiger partial charge in [0.1, 0.15) is 0 Å². The quantitative estimate of drug-likeness (QED) is 0.784. The van der Waals surface area contributed by atoms with Gasteiger partial charge in [0.25, 0.3) is 0 Å². The van der Waals surface area contributed by atoms with Crippen LogP contribution in [-0.4, -0.2) is 37.6 Å². The van der Waals surface area contributed by atoms with Crippen LogP contribution in [-0.2, 0) is 26.0 Å². The summed E-state index contributed by atoms with van der Waals surface area (Å²) in [6.45, 7) is 1.31. The number of hydrogen-bond donors (Lipinski definition) is 1. The molecule has 0 spiro atoms. The number of benzene rings is 1. The van der Waals surface area contributed by atoms with E-state index in [0.29, 0.717) is 0 Å². The number of sulfonamides is 1. The van der Waals surface area contributed by atoms with Crippen LogP contribution in [0.15, 0.2) is 29.2 Å². The number of hydrogen-bond acceptors (Lipinski definition) is 4. The summed E-state index contributed by atoms with van der Waals surface area (Å²) in [4.78, 5) is 22.5. The van der Waals surface area contributed by atoms with Crippen molar-refractivity contribution in [2.75, 3.05) is 13.1 Å². The van der Waals surface area contributed by atoms with Crippen LogP contribution in [0.3, 0.4) is 0 Å². The SMILES string of the molecule is CCc1ccc(S(=O)(=O)N2CC(=O)NC(=O)C2)cc1. The van der Waals surface area contributed by atoms with Gasteiger partial charge in [0.05, 0.1) is 18.0 Å². The first-order valence-electron chi connectivity index (χ1n) is 5.85. The zero-order chi connectivity index (χ0) is 14.0. The second-order valence-corrected chi connectivity index (χ2v) is 6.18. The van der Waals surface area contributed by atoms with Crippen LogP contribution in [0.1, 0.15) is 12.5 Å². The summed E-state index contributed by atoms with van der Waals surface area (Å²) in [6.07, 6.45) is 0.810. The maximum Gasteiger partial charge on any atom is 0.244 e. The fourth-order valence-corrected chi connectivity index (χ4v) is 3.18. The minimum atomic E-state index is -3.80. The predicted octanol–water partition coefficient (Wildman–Crippen LogP) is -0.104. The lowest BCUT2D eigenvalue weighted by atomic mass is 10.2. The van der Waals surface area contributed by atoms with Crippen molar-refractivity contribution in [3.05, 3.63) is 29.8 Å². The summed E-state index contributed by atoms with van der Waals surface area (Å²) >= 11 is 0. The van der Waals surface area contributed by atoms with Gasteiger partial charge in [-0.3, -0.25) is 14.9 Å². The first-order valence-corrected chi connectivity index (χ1v) is 7.29. The molecule has 0 aliphatic carbocycles. The molecular weight excluding hydrogens is 268 g/mol. The molecule has 0 aromatic heterocycles. The molecule has 1 fully saturated rings. The van der Waals surface area contributed by atoms with Gasteiger partial charge in [0.2, 0.25) is 21.8 Å². The number of nitrogens with zero attached hydrogens (tertiary/aromatic N) is 1. The number of nitrogens with one attached hydrogen (secondary N) is 1. The highest BCUT2D eigenvalue weighted by molar-refractivity contribution is 7.89. The number of aryl methyl sites for hydroxylation is 1. The van der Waals surface area contributed by atoms with E-state index in [1.807, 2.05) is 6.92 Å². The maximum absolute atomic E-state index is 12.3. The topological polar surface area (TPSA) is 83.6 Å². The van der Waals surface area contributed by atoms with Crippen molar-refractivity contribution in [3.63, 3.8) is 0 Å². The lowest BCUT2D eigenvalue weighted by Crippen LogP contribution is -2.53. The molecule has 0 atom stereocenters. The summed E-state index contributed by atoms with van der Waals surface area (Å²) in [6, 6.07) is 6.42. The number of rotatable bonds is 3. The van der Waals surface area contributed by atoms with Gasteiger partial charge in [0.15, 0.2) is 0 Å². The van der Waals surface area contributed by atoms with E-state index in [2.05, 4.69) is 5.32 Å². The van der Waals surface area contributed by atoms with Crippen LogP contribution >= 0.6 is 0 Å². The smallest absolute Gasteiger partial charge is 0.244 e. The maximum atomic E-state index is 12.3. The molecule has 0 bridgehead atoms. The summed E-state index contributed by atoms with van der Waals surface area (Å²) in [5.74, 6) is -1.21. The van der Waals surface area contributed by atoms with Crippen molar-refractivity contribution in [3.8, 4) is 0 Å². The van der Waals surface area contributed by atoms with Gasteiger partial charge in [0, 0.05) is 0 Å². The van der Waals surface area contributed by atoms with Crippen LogP contribution in [0.25, 0.3) is 0 Å². The van der Waals surface area contributed by atoms with E-state index in [0.717, 1.165) is 16.3 Å². The van der Waals surface area contributed by atoms with Gasteiger partial charge >= 0.3 is 0 Å². The Morgan fingerprint density at radius 2 is 1.63 bits per heavy atom. The lowest BCUT2D eigenvalue weighted by molar-refractivity contribution is -0.134. The standard InChI is InChI=1S/C12H14N2O4S/c1-2-9-3-5-10(6-4-9)19(17,18)14-7-11(15)13-12(16)8-14/h3-6H,2,7-8H2,1H3,(H,13,15,16). The van der Waals surface area contributed by atoms with Crippen molar-refractivity contribution in [2.24, 2.45) is 0 Å². The molecule has 1 aliphatic rings. The van der Waals surface area contributed by atoms with E-state index in [-0.39, 0.29) is 18.0 Å². The molecule has 0 unspecified atom stereocenters. The highest BCUT2D eigenvalue weighted by Crippen LogP contribution is 2.17. The fraction of sp³-hybridized carbons (Fsp3) is 0.333. The van der Waals surface area contributed by atoms with E-state index in [1.165, 1.54) is 12.1 Å². The van der Waals surface area contributed by atoms with Gasteiger partial charge < -0.3 is 0 Å². The molecular formula is C12H14N2O4S. The Morgan fingerprint density at radius 3 is 2.11 bits per heavy atom. The molecule has 7 heteroatoms. The average molecular weight is 282 g/mol. The van der Waals surface area contributed by atoms with Crippen molar-refractivity contribution >= 4 is 21.8 Å². The second kappa shape index (κ2) is 5.10. The van der Waals surface area contributed by atoms with Crippen LogP contribution in [0.4, 0.5) is 0 Å².